The molecule has 0 aliphatic heterocycles. The average Bonchev–Trinajstić information content (AvgIpc) is 2.35. The molecule has 4 nitrogen and oxygen atoms in total. The van der Waals surface area contributed by atoms with Crippen LogP contribution in [0.15, 0.2) is 10.8 Å². The number of rotatable bonds is 3. The van der Waals surface area contributed by atoms with Gasteiger partial charge in [0.1, 0.15) is 22.7 Å². The third kappa shape index (κ3) is 2.89. The molecule has 2 rings (SSSR count). The first-order valence-corrected chi connectivity index (χ1v) is 6.94. The van der Waals surface area contributed by atoms with Crippen LogP contribution in [-0.2, 0) is 0 Å². The maximum Gasteiger partial charge on any atom is 0.233 e. The lowest BCUT2D eigenvalue weighted by Crippen LogP contribution is -2.30. The predicted molar refractivity (Wildman–Crippen MR) is 70.8 cm³/mol. The van der Waals surface area contributed by atoms with Crippen LogP contribution in [0.4, 0.5) is 5.82 Å². The number of hydrogen-bond acceptors (Lipinski definition) is 4. The molecule has 1 aliphatic rings. The Hall–Kier alpha value is -0.840. The number of nitrogens with two attached hydrogens (primary N) is 1. The van der Waals surface area contributed by atoms with Gasteiger partial charge in [0.15, 0.2) is 0 Å². The van der Waals surface area contributed by atoms with Gasteiger partial charge in [-0.1, -0.05) is 13.3 Å². The number of ether oxygens (including phenoxy) is 1. The van der Waals surface area contributed by atoms with Crippen molar-refractivity contribution in [2.45, 2.75) is 45.1 Å². The molecule has 5 heteroatoms. The lowest BCUT2D eigenvalue weighted by molar-refractivity contribution is 0.0850. The number of nitrogens with zero attached hydrogens (tertiary/aromatic N) is 2. The first-order valence-electron chi connectivity index (χ1n) is 6.15. The maximum atomic E-state index is 5.99. The number of aromatic nitrogens is 2. The molecule has 2 unspecified atom stereocenters. The summed E-state index contributed by atoms with van der Waals surface area (Å²) in [5.74, 6) is 1.63. The number of hydrogen-bond donors (Lipinski definition) is 1. The zero-order chi connectivity index (χ0) is 12.3. The van der Waals surface area contributed by atoms with E-state index in [4.69, 9.17) is 10.5 Å². The van der Waals surface area contributed by atoms with E-state index in [1.807, 2.05) is 0 Å². The van der Waals surface area contributed by atoms with Crippen LogP contribution < -0.4 is 10.5 Å². The van der Waals surface area contributed by atoms with E-state index in [0.29, 0.717) is 22.1 Å². The van der Waals surface area contributed by atoms with Crippen molar-refractivity contribution >= 4 is 21.7 Å². The van der Waals surface area contributed by atoms with Crippen molar-refractivity contribution in [3.05, 3.63) is 10.8 Å². The molecule has 1 fully saturated rings. The van der Waals surface area contributed by atoms with E-state index in [9.17, 15) is 0 Å². The molecule has 2 N–H and O–H groups in total. The highest BCUT2D eigenvalue weighted by Gasteiger charge is 2.26. The second-order valence-corrected chi connectivity index (χ2v) is 5.28. The molecule has 1 aromatic heterocycles. The molecule has 0 saturated heterocycles. The molecule has 1 saturated carbocycles. The van der Waals surface area contributed by atoms with Crippen LogP contribution >= 0.6 is 15.9 Å². The summed E-state index contributed by atoms with van der Waals surface area (Å²) in [5.41, 5.74) is 5.71. The molecular formula is C12H18BrN3O. The number of nitrogen functional groups attached to an aromatic ring is 1. The third-order valence-electron chi connectivity index (χ3n) is 3.41. The lowest BCUT2D eigenvalue weighted by Gasteiger charge is -2.30. The Bertz CT molecular complexity index is 386. The van der Waals surface area contributed by atoms with Crippen molar-refractivity contribution in [3.63, 3.8) is 0 Å². The molecule has 1 aromatic rings. The van der Waals surface area contributed by atoms with Gasteiger partial charge >= 0.3 is 0 Å². The minimum absolute atomic E-state index is 0.263. The Labute approximate surface area is 110 Å². The lowest BCUT2D eigenvalue weighted by atomic mass is 9.85. The Morgan fingerprint density at radius 1 is 1.41 bits per heavy atom. The fourth-order valence-electron chi connectivity index (χ4n) is 2.39. The Morgan fingerprint density at radius 2 is 2.18 bits per heavy atom. The van der Waals surface area contributed by atoms with E-state index in [2.05, 4.69) is 32.8 Å². The molecular weight excluding hydrogens is 282 g/mol. The van der Waals surface area contributed by atoms with E-state index in [0.717, 1.165) is 12.8 Å². The second-order valence-electron chi connectivity index (χ2n) is 4.49. The van der Waals surface area contributed by atoms with Gasteiger partial charge in [-0.15, -0.1) is 0 Å². The van der Waals surface area contributed by atoms with Crippen molar-refractivity contribution in [2.24, 2.45) is 5.92 Å². The monoisotopic (exact) mass is 299 g/mol. The highest BCUT2D eigenvalue weighted by atomic mass is 79.9. The smallest absolute Gasteiger partial charge is 0.233 e. The van der Waals surface area contributed by atoms with Gasteiger partial charge in [0.25, 0.3) is 0 Å². The summed E-state index contributed by atoms with van der Waals surface area (Å²) in [6.45, 7) is 2.22. The van der Waals surface area contributed by atoms with Crippen LogP contribution in [0, 0.1) is 5.92 Å². The molecule has 17 heavy (non-hydrogen) atoms. The number of anilines is 1. The SMILES string of the molecule is CCC1CCCCC1Oc1ncnc(N)c1Br. The minimum atomic E-state index is 0.263. The summed E-state index contributed by atoms with van der Waals surface area (Å²) < 4.78 is 6.66. The molecule has 1 heterocycles. The summed E-state index contributed by atoms with van der Waals surface area (Å²) in [5, 5.41) is 0. The first kappa shape index (κ1) is 12.6. The van der Waals surface area contributed by atoms with Crippen LogP contribution in [0.1, 0.15) is 39.0 Å². The maximum absolute atomic E-state index is 5.99. The fourth-order valence-corrected chi connectivity index (χ4v) is 2.69. The third-order valence-corrected chi connectivity index (χ3v) is 4.16. The molecule has 0 aromatic carbocycles. The number of halogens is 1. The van der Waals surface area contributed by atoms with E-state index >= 15 is 0 Å². The topological polar surface area (TPSA) is 61.0 Å². The van der Waals surface area contributed by atoms with Gasteiger partial charge in [0.05, 0.1) is 0 Å². The van der Waals surface area contributed by atoms with E-state index in [1.165, 1.54) is 25.6 Å². The van der Waals surface area contributed by atoms with Crippen LogP contribution in [0.3, 0.4) is 0 Å². The largest absolute Gasteiger partial charge is 0.473 e. The van der Waals surface area contributed by atoms with Gasteiger partial charge in [-0.3, -0.25) is 0 Å². The van der Waals surface area contributed by atoms with Crippen molar-refractivity contribution in [1.29, 1.82) is 0 Å². The van der Waals surface area contributed by atoms with Crippen molar-refractivity contribution < 1.29 is 4.74 Å². The zero-order valence-corrected chi connectivity index (χ0v) is 11.6. The van der Waals surface area contributed by atoms with Crippen LogP contribution in [0.5, 0.6) is 5.88 Å². The summed E-state index contributed by atoms with van der Waals surface area (Å²) >= 11 is 3.37. The zero-order valence-electron chi connectivity index (χ0n) is 10.0. The van der Waals surface area contributed by atoms with Crippen LogP contribution in [0.25, 0.3) is 0 Å². The quantitative estimate of drug-likeness (QED) is 0.931. The van der Waals surface area contributed by atoms with Gasteiger partial charge in [-0.25, -0.2) is 9.97 Å². The Balaban J connectivity index is 2.11. The van der Waals surface area contributed by atoms with Crippen molar-refractivity contribution in [1.82, 2.24) is 9.97 Å². The van der Waals surface area contributed by atoms with Crippen LogP contribution in [-0.4, -0.2) is 16.1 Å². The molecule has 0 spiro atoms. The molecule has 0 amide bonds. The summed E-state index contributed by atoms with van der Waals surface area (Å²) in [4.78, 5) is 8.05. The highest BCUT2D eigenvalue weighted by Crippen LogP contribution is 2.33. The van der Waals surface area contributed by atoms with Gasteiger partial charge in [-0.05, 0) is 47.5 Å². The van der Waals surface area contributed by atoms with Gasteiger partial charge < -0.3 is 10.5 Å². The summed E-state index contributed by atoms with van der Waals surface area (Å²) in [7, 11) is 0. The molecule has 1 aliphatic carbocycles. The standard InChI is InChI=1S/C12H18BrN3O/c1-2-8-5-3-4-6-9(8)17-12-10(13)11(14)15-7-16-12/h7-9H,2-6H2,1H3,(H2,14,15,16). The summed E-state index contributed by atoms with van der Waals surface area (Å²) in [6.07, 6.45) is 7.76. The summed E-state index contributed by atoms with van der Waals surface area (Å²) in [6, 6.07) is 0. The molecule has 0 bridgehead atoms. The van der Waals surface area contributed by atoms with Gasteiger partial charge in [0.2, 0.25) is 5.88 Å². The average molecular weight is 300 g/mol. The first-order chi connectivity index (χ1) is 8.22. The van der Waals surface area contributed by atoms with Crippen molar-refractivity contribution in [3.8, 4) is 5.88 Å². The molecule has 2 atom stereocenters. The predicted octanol–water partition coefficient (Wildman–Crippen LogP) is 3.17. The minimum Gasteiger partial charge on any atom is -0.473 e. The normalized spacial score (nSPS) is 24.6. The highest BCUT2D eigenvalue weighted by molar-refractivity contribution is 9.10. The Morgan fingerprint density at radius 3 is 2.94 bits per heavy atom. The fraction of sp³-hybridized carbons (Fsp3) is 0.667. The molecule has 0 radical (unpaired) electrons. The molecule has 94 valence electrons. The van der Waals surface area contributed by atoms with Crippen LogP contribution in [0.2, 0.25) is 0 Å². The van der Waals surface area contributed by atoms with E-state index in [-0.39, 0.29) is 6.10 Å². The van der Waals surface area contributed by atoms with Gasteiger partial charge in [-0.2, -0.15) is 0 Å². The van der Waals surface area contributed by atoms with E-state index in [1.54, 1.807) is 0 Å². The Kier molecular flexibility index (Phi) is 4.20. The second kappa shape index (κ2) is 5.67. The van der Waals surface area contributed by atoms with E-state index < -0.39 is 0 Å². The van der Waals surface area contributed by atoms with Gasteiger partial charge in [0, 0.05) is 0 Å². The van der Waals surface area contributed by atoms with Crippen molar-refractivity contribution in [2.75, 3.05) is 5.73 Å².